The highest BCUT2D eigenvalue weighted by Gasteiger charge is 2.34. The van der Waals surface area contributed by atoms with Gasteiger partial charge < -0.3 is 23.7 Å². The number of nitrogens with zero attached hydrogens (tertiary/aromatic N) is 2. The summed E-state index contributed by atoms with van der Waals surface area (Å²) in [4.78, 5) is 32.2. The van der Waals surface area contributed by atoms with Crippen molar-refractivity contribution in [2.24, 2.45) is 4.99 Å². The number of rotatable bonds is 9. The number of thiazole rings is 1. The Balaban J connectivity index is 1.67. The lowest BCUT2D eigenvalue weighted by Crippen LogP contribution is -2.40. The summed E-state index contributed by atoms with van der Waals surface area (Å²) in [6.07, 6.45) is 3.43. The molecule has 0 fully saturated rings. The molecule has 0 aliphatic carbocycles. The highest BCUT2D eigenvalue weighted by Crippen LogP contribution is 2.36. The molecule has 39 heavy (non-hydrogen) atoms. The van der Waals surface area contributed by atoms with Gasteiger partial charge in [-0.25, -0.2) is 9.79 Å². The molecule has 2 aromatic carbocycles. The Hall–Kier alpha value is -4.31. The lowest BCUT2D eigenvalue weighted by atomic mass is 9.95. The van der Waals surface area contributed by atoms with E-state index in [1.165, 1.54) is 15.9 Å². The van der Waals surface area contributed by atoms with Gasteiger partial charge in [0.1, 0.15) is 6.61 Å². The summed E-state index contributed by atoms with van der Waals surface area (Å²) < 4.78 is 29.9. The largest absolute Gasteiger partial charge is 0.490 e. The molecule has 1 aromatic heterocycles. The van der Waals surface area contributed by atoms with E-state index in [0.717, 1.165) is 5.56 Å². The van der Waals surface area contributed by atoms with Crippen LogP contribution in [0.5, 0.6) is 23.0 Å². The molecular weight excluding hydrogens is 520 g/mol. The van der Waals surface area contributed by atoms with E-state index in [9.17, 15) is 9.59 Å². The number of aromatic nitrogens is 1. The second-order valence-corrected chi connectivity index (χ2v) is 9.66. The van der Waals surface area contributed by atoms with Crippen LogP contribution in [-0.2, 0) is 9.53 Å². The molecule has 0 N–H and O–H groups in total. The number of allylic oxidation sites excluding steroid dienone is 1. The van der Waals surface area contributed by atoms with Crippen LogP contribution in [0.25, 0.3) is 6.08 Å². The number of ether oxygens (including phenoxy) is 5. The van der Waals surface area contributed by atoms with E-state index < -0.39 is 12.0 Å². The monoisotopic (exact) mass is 548 g/mol. The van der Waals surface area contributed by atoms with E-state index in [2.05, 4.69) is 11.6 Å². The van der Waals surface area contributed by atoms with E-state index in [4.69, 9.17) is 23.7 Å². The zero-order valence-electron chi connectivity index (χ0n) is 21.9. The first kappa shape index (κ1) is 26.3. The normalized spacial score (nSPS) is 16.0. The first-order chi connectivity index (χ1) is 18.9. The fourth-order valence-corrected chi connectivity index (χ4v) is 5.54. The summed E-state index contributed by atoms with van der Waals surface area (Å²) in [5.74, 6) is 1.79. The predicted molar refractivity (Wildman–Crippen MR) is 146 cm³/mol. The van der Waals surface area contributed by atoms with Crippen LogP contribution in [0.15, 0.2) is 70.1 Å². The van der Waals surface area contributed by atoms with Crippen LogP contribution < -0.4 is 33.8 Å². The summed E-state index contributed by atoms with van der Waals surface area (Å²) in [6, 6.07) is 10.1. The van der Waals surface area contributed by atoms with Gasteiger partial charge in [0, 0.05) is 0 Å². The van der Waals surface area contributed by atoms with Crippen LogP contribution >= 0.6 is 11.3 Å². The molecule has 3 heterocycles. The molecule has 2 aliphatic rings. The number of hydrogen-bond donors (Lipinski definition) is 0. The highest BCUT2D eigenvalue weighted by molar-refractivity contribution is 7.07. The smallest absolute Gasteiger partial charge is 0.338 e. The molecule has 5 rings (SSSR count). The average molecular weight is 549 g/mol. The first-order valence-corrected chi connectivity index (χ1v) is 13.4. The Bertz CT molecular complexity index is 1650. The van der Waals surface area contributed by atoms with Gasteiger partial charge in [-0.1, -0.05) is 36.1 Å². The van der Waals surface area contributed by atoms with Crippen molar-refractivity contribution in [3.63, 3.8) is 0 Å². The standard InChI is InChI=1S/C29H28N2O7S/c1-5-12-36-20-11-9-19(15-23(20)34-6-2)26-25(28(33)35-7-3)17(4)30-29-31(26)27(32)24(39-29)14-18-8-10-21-22(13-18)38-16-37-21/h5,8-11,13-15,26H,1,6-7,12,16H2,2-4H3/b24-14+. The van der Waals surface area contributed by atoms with Gasteiger partial charge in [-0.15, -0.1) is 0 Å². The molecular formula is C29H28N2O7S. The van der Waals surface area contributed by atoms with Gasteiger partial charge in [-0.05, 0) is 62.2 Å². The quantitative estimate of drug-likeness (QED) is 0.298. The van der Waals surface area contributed by atoms with Crippen LogP contribution in [-0.4, -0.2) is 37.1 Å². The van der Waals surface area contributed by atoms with E-state index in [-0.39, 0.29) is 19.0 Å². The molecule has 2 aliphatic heterocycles. The zero-order chi connectivity index (χ0) is 27.5. The van der Waals surface area contributed by atoms with Crippen molar-refractivity contribution in [1.82, 2.24) is 4.57 Å². The topological polar surface area (TPSA) is 97.6 Å². The Morgan fingerprint density at radius 3 is 2.72 bits per heavy atom. The molecule has 3 aromatic rings. The molecule has 0 radical (unpaired) electrons. The third kappa shape index (κ3) is 5.07. The number of fused-ring (bicyclic) bond motifs is 2. The molecule has 0 saturated carbocycles. The molecule has 0 spiro atoms. The number of esters is 1. The maximum atomic E-state index is 13.9. The molecule has 0 amide bonds. The summed E-state index contributed by atoms with van der Waals surface area (Å²) in [6.45, 7) is 10.1. The summed E-state index contributed by atoms with van der Waals surface area (Å²) in [5.41, 5.74) is 1.95. The summed E-state index contributed by atoms with van der Waals surface area (Å²) in [7, 11) is 0. The molecule has 202 valence electrons. The Morgan fingerprint density at radius 1 is 1.13 bits per heavy atom. The van der Waals surface area contributed by atoms with Crippen LogP contribution in [0.4, 0.5) is 0 Å². The number of carbonyl (C=O) groups excluding carboxylic acids is 1. The lowest BCUT2D eigenvalue weighted by molar-refractivity contribution is -0.139. The second kappa shape index (κ2) is 11.2. The van der Waals surface area contributed by atoms with Crippen molar-refractivity contribution >= 4 is 23.4 Å². The van der Waals surface area contributed by atoms with Crippen LogP contribution in [0.1, 0.15) is 37.9 Å². The number of benzene rings is 2. The van der Waals surface area contributed by atoms with E-state index in [1.807, 2.05) is 31.2 Å². The lowest BCUT2D eigenvalue weighted by Gasteiger charge is -2.25. The van der Waals surface area contributed by atoms with Crippen molar-refractivity contribution in [3.8, 4) is 23.0 Å². The van der Waals surface area contributed by atoms with E-state index in [1.54, 1.807) is 38.1 Å². The van der Waals surface area contributed by atoms with E-state index in [0.29, 0.717) is 62.4 Å². The van der Waals surface area contributed by atoms with Crippen molar-refractivity contribution < 1.29 is 28.5 Å². The first-order valence-electron chi connectivity index (χ1n) is 12.5. The number of carbonyl (C=O) groups is 1. The minimum absolute atomic E-state index is 0.165. The fourth-order valence-electron chi connectivity index (χ4n) is 4.49. The van der Waals surface area contributed by atoms with Crippen molar-refractivity contribution in [2.75, 3.05) is 26.6 Å². The third-order valence-electron chi connectivity index (χ3n) is 6.15. The molecule has 9 nitrogen and oxygen atoms in total. The maximum absolute atomic E-state index is 13.9. The molecule has 0 bridgehead atoms. The molecule has 0 saturated heterocycles. The van der Waals surface area contributed by atoms with Crippen molar-refractivity contribution in [3.05, 3.63) is 91.1 Å². The minimum Gasteiger partial charge on any atom is -0.490 e. The van der Waals surface area contributed by atoms with Gasteiger partial charge in [-0.2, -0.15) is 0 Å². The fraction of sp³-hybridized carbons (Fsp3) is 0.276. The molecule has 1 unspecified atom stereocenters. The Kier molecular flexibility index (Phi) is 7.56. The van der Waals surface area contributed by atoms with Crippen LogP contribution in [0, 0.1) is 0 Å². The van der Waals surface area contributed by atoms with Gasteiger partial charge >= 0.3 is 5.97 Å². The highest BCUT2D eigenvalue weighted by atomic mass is 32.1. The number of hydrogen-bond acceptors (Lipinski definition) is 9. The zero-order valence-corrected chi connectivity index (χ0v) is 22.7. The van der Waals surface area contributed by atoms with E-state index >= 15 is 0 Å². The molecule has 1 atom stereocenters. The Labute approximate surface area is 228 Å². The predicted octanol–water partition coefficient (Wildman–Crippen LogP) is 3.49. The van der Waals surface area contributed by atoms with Gasteiger partial charge in [0.15, 0.2) is 27.8 Å². The van der Waals surface area contributed by atoms with Crippen molar-refractivity contribution in [1.29, 1.82) is 0 Å². The van der Waals surface area contributed by atoms with Gasteiger partial charge in [-0.3, -0.25) is 9.36 Å². The van der Waals surface area contributed by atoms with Crippen LogP contribution in [0.3, 0.4) is 0 Å². The summed E-state index contributed by atoms with van der Waals surface area (Å²) in [5, 5.41) is 0. The Morgan fingerprint density at radius 2 is 1.95 bits per heavy atom. The second-order valence-electron chi connectivity index (χ2n) is 8.65. The average Bonchev–Trinajstić information content (AvgIpc) is 3.51. The van der Waals surface area contributed by atoms with Crippen LogP contribution in [0.2, 0.25) is 0 Å². The minimum atomic E-state index is -0.771. The SMILES string of the molecule is C=CCOc1ccc(C2C(C(=O)OCC)=C(C)N=c3s/c(=C/c4ccc5c(c4)OCO5)c(=O)n32)cc1OCC. The summed E-state index contributed by atoms with van der Waals surface area (Å²) >= 11 is 1.25. The maximum Gasteiger partial charge on any atom is 0.338 e. The van der Waals surface area contributed by atoms with Gasteiger partial charge in [0.25, 0.3) is 5.56 Å². The van der Waals surface area contributed by atoms with Gasteiger partial charge in [0.05, 0.1) is 35.1 Å². The molecule has 10 heteroatoms. The van der Waals surface area contributed by atoms with Gasteiger partial charge in [0.2, 0.25) is 6.79 Å². The third-order valence-corrected chi connectivity index (χ3v) is 7.13. The van der Waals surface area contributed by atoms with Crippen molar-refractivity contribution in [2.45, 2.75) is 26.8 Å².